The van der Waals surface area contributed by atoms with E-state index >= 15 is 0 Å². The molecule has 0 aliphatic carbocycles. The van der Waals surface area contributed by atoms with Gasteiger partial charge in [0, 0.05) is 11.8 Å². The number of benzene rings is 1. The van der Waals surface area contributed by atoms with Gasteiger partial charge in [-0.05, 0) is 50.5 Å². The molecule has 1 aromatic heterocycles. The van der Waals surface area contributed by atoms with Gasteiger partial charge in [0.1, 0.15) is 11.4 Å². The van der Waals surface area contributed by atoms with Crippen molar-refractivity contribution in [3.05, 3.63) is 58.3 Å². The van der Waals surface area contributed by atoms with E-state index < -0.39 is 5.60 Å². The molecule has 100 valence electrons. The Morgan fingerprint density at radius 2 is 1.79 bits per heavy atom. The molecule has 3 heteroatoms. The van der Waals surface area contributed by atoms with Gasteiger partial charge in [-0.15, -0.1) is 0 Å². The number of hydrogen-bond donors (Lipinski definition) is 2. The lowest BCUT2D eigenvalue weighted by Crippen LogP contribution is -2.27. The Morgan fingerprint density at radius 1 is 1.11 bits per heavy atom. The number of pyridine rings is 1. The third kappa shape index (κ3) is 2.34. The summed E-state index contributed by atoms with van der Waals surface area (Å²) in [7, 11) is 0. The van der Waals surface area contributed by atoms with Crippen molar-refractivity contribution in [1.29, 1.82) is 0 Å². The number of anilines is 1. The van der Waals surface area contributed by atoms with E-state index in [2.05, 4.69) is 4.98 Å². The van der Waals surface area contributed by atoms with Crippen molar-refractivity contribution in [2.24, 2.45) is 0 Å². The predicted molar refractivity (Wildman–Crippen MR) is 78.0 cm³/mol. The van der Waals surface area contributed by atoms with Crippen LogP contribution in [0.2, 0.25) is 0 Å². The zero-order valence-electron chi connectivity index (χ0n) is 11.9. The summed E-state index contributed by atoms with van der Waals surface area (Å²) >= 11 is 0. The maximum atomic E-state index is 11.0. The van der Waals surface area contributed by atoms with Crippen LogP contribution in [0.3, 0.4) is 0 Å². The molecule has 3 nitrogen and oxygen atoms in total. The molecule has 0 aliphatic heterocycles. The van der Waals surface area contributed by atoms with E-state index in [0.717, 1.165) is 22.3 Å². The molecule has 1 unspecified atom stereocenters. The van der Waals surface area contributed by atoms with Gasteiger partial charge in [-0.2, -0.15) is 0 Å². The zero-order valence-corrected chi connectivity index (χ0v) is 11.9. The summed E-state index contributed by atoms with van der Waals surface area (Å²) in [6.07, 6.45) is 1.66. The third-order valence-corrected chi connectivity index (χ3v) is 3.59. The first-order valence-electron chi connectivity index (χ1n) is 6.35. The molecule has 0 saturated carbocycles. The maximum Gasteiger partial charge on any atom is 0.130 e. The van der Waals surface area contributed by atoms with Crippen LogP contribution < -0.4 is 5.73 Å². The Morgan fingerprint density at radius 3 is 2.42 bits per heavy atom. The second kappa shape index (κ2) is 4.67. The quantitative estimate of drug-likeness (QED) is 0.868. The van der Waals surface area contributed by atoms with Gasteiger partial charge in [0.25, 0.3) is 0 Å². The minimum Gasteiger partial charge on any atom is -0.383 e. The second-order valence-electron chi connectivity index (χ2n) is 5.28. The van der Waals surface area contributed by atoms with Crippen molar-refractivity contribution in [2.75, 3.05) is 5.73 Å². The molecule has 2 aromatic rings. The third-order valence-electron chi connectivity index (χ3n) is 3.59. The van der Waals surface area contributed by atoms with E-state index in [-0.39, 0.29) is 0 Å². The summed E-state index contributed by atoms with van der Waals surface area (Å²) in [6.45, 7) is 7.71. The largest absolute Gasteiger partial charge is 0.383 e. The smallest absolute Gasteiger partial charge is 0.130 e. The van der Waals surface area contributed by atoms with Crippen LogP contribution in [0.4, 0.5) is 5.82 Å². The average molecular weight is 256 g/mol. The molecule has 0 amide bonds. The molecule has 3 N–H and O–H groups in total. The Labute approximate surface area is 114 Å². The Bertz CT molecular complexity index is 598. The molecular weight excluding hydrogens is 236 g/mol. The zero-order chi connectivity index (χ0) is 14.2. The maximum absolute atomic E-state index is 11.0. The second-order valence-corrected chi connectivity index (χ2v) is 5.28. The number of nitrogens with two attached hydrogens (primary N) is 1. The standard InChI is InChI=1S/C16H20N2O/c1-10-5-6-11(2)13(9-10)16(4,19)14-12(3)7-8-18-15(14)17/h5-9,19H,1-4H3,(H2,17,18). The molecule has 1 aromatic carbocycles. The number of aliphatic hydroxyl groups is 1. The van der Waals surface area contributed by atoms with Gasteiger partial charge in [-0.25, -0.2) is 4.98 Å². The fraction of sp³-hybridized carbons (Fsp3) is 0.312. The number of aryl methyl sites for hydroxylation is 3. The minimum atomic E-state index is -1.14. The summed E-state index contributed by atoms with van der Waals surface area (Å²) in [6, 6.07) is 7.92. The van der Waals surface area contributed by atoms with E-state index in [9.17, 15) is 5.11 Å². The minimum absolute atomic E-state index is 0.380. The van der Waals surface area contributed by atoms with Crippen LogP contribution in [-0.4, -0.2) is 10.1 Å². The van der Waals surface area contributed by atoms with Crippen LogP contribution >= 0.6 is 0 Å². The Kier molecular flexibility index (Phi) is 3.33. The highest BCUT2D eigenvalue weighted by atomic mass is 16.3. The first kappa shape index (κ1) is 13.6. The molecule has 0 saturated heterocycles. The van der Waals surface area contributed by atoms with Crippen LogP contribution in [0.5, 0.6) is 0 Å². The molecule has 0 bridgehead atoms. The average Bonchev–Trinajstić information content (AvgIpc) is 2.31. The van der Waals surface area contributed by atoms with Crippen molar-refractivity contribution < 1.29 is 5.11 Å². The predicted octanol–water partition coefficient (Wildman–Crippen LogP) is 2.84. The summed E-state index contributed by atoms with van der Waals surface area (Å²) in [4.78, 5) is 4.10. The van der Waals surface area contributed by atoms with Crippen molar-refractivity contribution in [3.8, 4) is 0 Å². The molecule has 2 rings (SSSR count). The SMILES string of the molecule is Cc1ccc(C)c(C(C)(O)c2c(C)ccnc2N)c1. The molecule has 0 spiro atoms. The van der Waals surface area contributed by atoms with Gasteiger partial charge >= 0.3 is 0 Å². The molecule has 19 heavy (non-hydrogen) atoms. The highest BCUT2D eigenvalue weighted by Crippen LogP contribution is 2.36. The van der Waals surface area contributed by atoms with E-state index in [0.29, 0.717) is 11.4 Å². The first-order chi connectivity index (χ1) is 8.84. The van der Waals surface area contributed by atoms with E-state index in [4.69, 9.17) is 5.73 Å². The number of aromatic nitrogens is 1. The van der Waals surface area contributed by atoms with E-state index in [1.165, 1.54) is 0 Å². The molecule has 1 heterocycles. The normalized spacial score (nSPS) is 14.2. The highest BCUT2D eigenvalue weighted by molar-refractivity contribution is 5.53. The van der Waals surface area contributed by atoms with Crippen molar-refractivity contribution in [2.45, 2.75) is 33.3 Å². The van der Waals surface area contributed by atoms with E-state index in [1.54, 1.807) is 13.1 Å². The van der Waals surface area contributed by atoms with Crippen LogP contribution in [0, 0.1) is 20.8 Å². The van der Waals surface area contributed by atoms with Crippen molar-refractivity contribution in [3.63, 3.8) is 0 Å². The number of rotatable bonds is 2. The number of nitrogens with zero attached hydrogens (tertiary/aromatic N) is 1. The molecule has 0 fully saturated rings. The monoisotopic (exact) mass is 256 g/mol. The topological polar surface area (TPSA) is 59.1 Å². The summed E-state index contributed by atoms with van der Waals surface area (Å²) < 4.78 is 0. The van der Waals surface area contributed by atoms with Gasteiger partial charge in [0.2, 0.25) is 0 Å². The molecule has 0 radical (unpaired) electrons. The van der Waals surface area contributed by atoms with Gasteiger partial charge < -0.3 is 10.8 Å². The summed E-state index contributed by atoms with van der Waals surface area (Å²) in [5.41, 5.74) is 9.47. The lowest BCUT2D eigenvalue weighted by molar-refractivity contribution is 0.101. The Balaban J connectivity index is 2.68. The van der Waals surface area contributed by atoms with Crippen molar-refractivity contribution in [1.82, 2.24) is 4.98 Å². The van der Waals surface area contributed by atoms with Gasteiger partial charge in [0.15, 0.2) is 0 Å². The number of nitrogen functional groups attached to an aromatic ring is 1. The van der Waals surface area contributed by atoms with Crippen molar-refractivity contribution >= 4 is 5.82 Å². The van der Waals surface area contributed by atoms with Crippen LogP contribution in [0.15, 0.2) is 30.5 Å². The van der Waals surface area contributed by atoms with Gasteiger partial charge in [0.05, 0.1) is 0 Å². The van der Waals surface area contributed by atoms with Crippen LogP contribution in [-0.2, 0) is 5.60 Å². The van der Waals surface area contributed by atoms with Crippen LogP contribution in [0.25, 0.3) is 0 Å². The summed E-state index contributed by atoms with van der Waals surface area (Å²) in [5, 5.41) is 11.0. The van der Waals surface area contributed by atoms with Gasteiger partial charge in [-0.1, -0.05) is 23.8 Å². The molecule has 1 atom stereocenters. The fourth-order valence-electron chi connectivity index (χ4n) is 2.61. The molecule has 0 aliphatic rings. The van der Waals surface area contributed by atoms with E-state index in [1.807, 2.05) is 45.0 Å². The molecular formula is C16H20N2O. The summed E-state index contributed by atoms with van der Waals surface area (Å²) in [5.74, 6) is 0.380. The lowest BCUT2D eigenvalue weighted by Gasteiger charge is -2.29. The fourth-order valence-corrected chi connectivity index (χ4v) is 2.61. The Hall–Kier alpha value is -1.87. The van der Waals surface area contributed by atoms with Gasteiger partial charge in [-0.3, -0.25) is 0 Å². The lowest BCUT2D eigenvalue weighted by atomic mass is 9.83. The van der Waals surface area contributed by atoms with Crippen LogP contribution in [0.1, 0.15) is 34.7 Å². The first-order valence-corrected chi connectivity index (χ1v) is 6.35. The number of hydrogen-bond acceptors (Lipinski definition) is 3. The highest BCUT2D eigenvalue weighted by Gasteiger charge is 2.31.